The topological polar surface area (TPSA) is 74.0 Å². The highest BCUT2D eigenvalue weighted by atomic mass is 16.2. The van der Waals surface area contributed by atoms with Gasteiger partial charge in [0.2, 0.25) is 0 Å². The van der Waals surface area contributed by atoms with Crippen LogP contribution in [0.5, 0.6) is 0 Å². The molecule has 2 atom stereocenters. The maximum absolute atomic E-state index is 12.2. The molecular formula is C18H29N3O2. The zero-order valence-corrected chi connectivity index (χ0v) is 14.7. The second kappa shape index (κ2) is 7.66. The molecule has 0 bridgehead atoms. The van der Waals surface area contributed by atoms with Gasteiger partial charge in [-0.15, -0.1) is 0 Å². The van der Waals surface area contributed by atoms with Crippen LogP contribution in [0.15, 0.2) is 10.9 Å². The average molecular weight is 319 g/mol. The van der Waals surface area contributed by atoms with Gasteiger partial charge in [0.05, 0.1) is 6.54 Å². The van der Waals surface area contributed by atoms with E-state index < -0.39 is 0 Å². The van der Waals surface area contributed by atoms with Crippen LogP contribution in [0, 0.1) is 25.7 Å². The van der Waals surface area contributed by atoms with E-state index >= 15 is 0 Å². The molecule has 0 aliphatic heterocycles. The van der Waals surface area contributed by atoms with E-state index in [2.05, 4.69) is 29.5 Å². The third-order valence-corrected chi connectivity index (χ3v) is 4.91. The summed E-state index contributed by atoms with van der Waals surface area (Å²) in [4.78, 5) is 27.0. The van der Waals surface area contributed by atoms with E-state index in [-0.39, 0.29) is 24.2 Å². The Hall–Kier alpha value is -1.78. The first-order valence-corrected chi connectivity index (χ1v) is 8.62. The number of pyridine rings is 1. The maximum atomic E-state index is 12.2. The Kier molecular flexibility index (Phi) is 5.85. The molecular weight excluding hydrogens is 290 g/mol. The molecule has 2 rings (SSSR count). The number of aryl methyl sites for hydroxylation is 2. The molecule has 23 heavy (non-hydrogen) atoms. The van der Waals surface area contributed by atoms with Gasteiger partial charge in [0.25, 0.3) is 5.56 Å². The monoisotopic (exact) mass is 319 g/mol. The zero-order valence-electron chi connectivity index (χ0n) is 14.7. The first-order chi connectivity index (χ1) is 10.9. The van der Waals surface area contributed by atoms with Crippen LogP contribution in [-0.4, -0.2) is 17.1 Å². The molecule has 0 spiro atoms. The first kappa shape index (κ1) is 17.6. The first-order valence-electron chi connectivity index (χ1n) is 8.62. The normalized spacial score (nSPS) is 21.3. The smallest absolute Gasteiger partial charge is 0.315 e. The zero-order chi connectivity index (χ0) is 17.0. The minimum absolute atomic E-state index is 0.125. The number of aromatic amines is 1. The Morgan fingerprint density at radius 2 is 2.00 bits per heavy atom. The minimum Gasteiger partial charge on any atom is -0.335 e. The highest BCUT2D eigenvalue weighted by Gasteiger charge is 2.28. The number of carbonyl (C=O) groups is 1. The highest BCUT2D eigenvalue weighted by molar-refractivity contribution is 5.74. The van der Waals surface area contributed by atoms with Gasteiger partial charge in [-0.1, -0.05) is 26.7 Å². The second-order valence-corrected chi connectivity index (χ2v) is 7.07. The van der Waals surface area contributed by atoms with Gasteiger partial charge in [0.1, 0.15) is 0 Å². The molecule has 5 nitrogen and oxygen atoms in total. The summed E-state index contributed by atoms with van der Waals surface area (Å²) in [7, 11) is 0. The predicted molar refractivity (Wildman–Crippen MR) is 92.5 cm³/mol. The number of hydrogen-bond acceptors (Lipinski definition) is 2. The van der Waals surface area contributed by atoms with E-state index in [1.807, 2.05) is 19.9 Å². The molecule has 0 aromatic carbocycles. The van der Waals surface area contributed by atoms with E-state index in [1.54, 1.807) is 0 Å². The van der Waals surface area contributed by atoms with Crippen molar-refractivity contribution in [1.29, 1.82) is 0 Å². The molecule has 0 radical (unpaired) electrons. The maximum Gasteiger partial charge on any atom is 0.315 e. The summed E-state index contributed by atoms with van der Waals surface area (Å²) in [6.45, 7) is 8.45. The van der Waals surface area contributed by atoms with Crippen LogP contribution < -0.4 is 16.2 Å². The lowest BCUT2D eigenvalue weighted by molar-refractivity contribution is 0.194. The summed E-state index contributed by atoms with van der Waals surface area (Å²) >= 11 is 0. The van der Waals surface area contributed by atoms with Crippen LogP contribution in [0.25, 0.3) is 0 Å². The quantitative estimate of drug-likeness (QED) is 0.798. The summed E-state index contributed by atoms with van der Waals surface area (Å²) in [6, 6.07) is 1.98. The van der Waals surface area contributed by atoms with Crippen molar-refractivity contribution < 1.29 is 4.79 Å². The fourth-order valence-corrected chi connectivity index (χ4v) is 3.63. The minimum atomic E-state index is -0.179. The van der Waals surface area contributed by atoms with Gasteiger partial charge in [0, 0.05) is 17.3 Å². The molecule has 1 aromatic rings. The number of hydrogen-bond donors (Lipinski definition) is 3. The van der Waals surface area contributed by atoms with Crippen LogP contribution in [-0.2, 0) is 6.54 Å². The van der Waals surface area contributed by atoms with Gasteiger partial charge in [0.15, 0.2) is 0 Å². The highest BCUT2D eigenvalue weighted by Crippen LogP contribution is 2.30. The van der Waals surface area contributed by atoms with Gasteiger partial charge in [-0.3, -0.25) is 4.79 Å². The Labute approximate surface area is 138 Å². The Morgan fingerprint density at radius 1 is 1.30 bits per heavy atom. The number of rotatable bonds is 4. The summed E-state index contributed by atoms with van der Waals surface area (Å²) in [5.41, 5.74) is 2.24. The molecule has 3 N–H and O–H groups in total. The van der Waals surface area contributed by atoms with E-state index in [0.29, 0.717) is 17.4 Å². The summed E-state index contributed by atoms with van der Waals surface area (Å²) < 4.78 is 0. The Bertz CT molecular complexity index is 607. The average Bonchev–Trinajstić information content (AvgIpc) is 2.46. The summed E-state index contributed by atoms with van der Waals surface area (Å²) in [5.74, 6) is 1.11. The molecule has 5 heteroatoms. The SMILES string of the molecule is Cc1cc(C)c(CNC(=O)N[C@@H]2CCCC[C@H]2C(C)C)c(=O)[nH]1. The van der Waals surface area contributed by atoms with Crippen molar-refractivity contribution in [3.63, 3.8) is 0 Å². The molecule has 128 valence electrons. The number of H-pyrrole nitrogens is 1. The molecule has 1 aliphatic rings. The van der Waals surface area contributed by atoms with Crippen molar-refractivity contribution in [2.24, 2.45) is 11.8 Å². The number of aromatic nitrogens is 1. The Balaban J connectivity index is 1.94. The number of urea groups is 1. The lowest BCUT2D eigenvalue weighted by Gasteiger charge is -2.34. The van der Waals surface area contributed by atoms with Crippen LogP contribution in [0.3, 0.4) is 0 Å². The molecule has 1 aliphatic carbocycles. The third-order valence-electron chi connectivity index (χ3n) is 4.91. The van der Waals surface area contributed by atoms with Crippen molar-refractivity contribution in [3.05, 3.63) is 33.2 Å². The fraction of sp³-hybridized carbons (Fsp3) is 0.667. The molecule has 1 fully saturated rings. The van der Waals surface area contributed by atoms with Crippen molar-refractivity contribution in [2.75, 3.05) is 0 Å². The van der Waals surface area contributed by atoms with Gasteiger partial charge in [-0.25, -0.2) is 4.79 Å². The number of carbonyl (C=O) groups excluding carboxylic acids is 1. The lowest BCUT2D eigenvalue weighted by atomic mass is 9.78. The van der Waals surface area contributed by atoms with Crippen molar-refractivity contribution in [3.8, 4) is 0 Å². The standard InChI is InChI=1S/C18H29N3O2/c1-11(2)14-7-5-6-8-16(14)21-18(23)19-10-15-12(3)9-13(4)20-17(15)22/h9,11,14,16H,5-8,10H2,1-4H3,(H,20,22)(H2,19,21,23)/t14-,16+/m0/s1. The molecule has 1 saturated carbocycles. The van der Waals surface area contributed by atoms with Gasteiger partial charge in [-0.2, -0.15) is 0 Å². The van der Waals surface area contributed by atoms with E-state index in [9.17, 15) is 9.59 Å². The van der Waals surface area contributed by atoms with Crippen LogP contribution in [0.4, 0.5) is 4.79 Å². The van der Waals surface area contributed by atoms with Crippen LogP contribution >= 0.6 is 0 Å². The van der Waals surface area contributed by atoms with E-state index in [0.717, 1.165) is 17.7 Å². The molecule has 0 unspecified atom stereocenters. The van der Waals surface area contributed by atoms with Gasteiger partial charge >= 0.3 is 6.03 Å². The molecule has 1 aromatic heterocycles. The Morgan fingerprint density at radius 3 is 2.65 bits per heavy atom. The van der Waals surface area contributed by atoms with E-state index in [1.165, 1.54) is 19.3 Å². The molecule has 2 amide bonds. The number of amides is 2. The number of nitrogens with one attached hydrogen (secondary N) is 3. The fourth-order valence-electron chi connectivity index (χ4n) is 3.63. The van der Waals surface area contributed by atoms with Crippen molar-refractivity contribution in [1.82, 2.24) is 15.6 Å². The van der Waals surface area contributed by atoms with Crippen LogP contribution in [0.1, 0.15) is 56.4 Å². The van der Waals surface area contributed by atoms with Crippen LogP contribution in [0.2, 0.25) is 0 Å². The van der Waals surface area contributed by atoms with E-state index in [4.69, 9.17) is 0 Å². The third kappa shape index (κ3) is 4.60. The summed E-state index contributed by atoms with van der Waals surface area (Å²) in [6.07, 6.45) is 4.64. The summed E-state index contributed by atoms with van der Waals surface area (Å²) in [5, 5.41) is 5.95. The van der Waals surface area contributed by atoms with Crippen molar-refractivity contribution in [2.45, 2.75) is 66.0 Å². The van der Waals surface area contributed by atoms with Crippen molar-refractivity contribution >= 4 is 6.03 Å². The largest absolute Gasteiger partial charge is 0.335 e. The van der Waals surface area contributed by atoms with Gasteiger partial charge in [-0.05, 0) is 50.2 Å². The molecule has 1 heterocycles. The molecule has 0 saturated heterocycles. The van der Waals surface area contributed by atoms with Gasteiger partial charge < -0.3 is 15.6 Å². The second-order valence-electron chi connectivity index (χ2n) is 7.07. The predicted octanol–water partition coefficient (Wildman–Crippen LogP) is 3.01. The lowest BCUT2D eigenvalue weighted by Crippen LogP contribution is -2.48.